The Labute approximate surface area is 86.2 Å². The quantitative estimate of drug-likeness (QED) is 0.570. The summed E-state index contributed by atoms with van der Waals surface area (Å²) in [6.07, 6.45) is 0. The number of aromatic nitrogens is 1. The molecule has 0 aliphatic heterocycles. The molecule has 0 saturated carbocycles. The van der Waals surface area contributed by atoms with Gasteiger partial charge in [0.25, 0.3) is 5.91 Å². The molecule has 1 amide bonds. The Balaban J connectivity index is 2.80. The number of rotatable bonds is 2. The van der Waals surface area contributed by atoms with Gasteiger partial charge in [0.05, 0.1) is 11.4 Å². The topological polar surface area (TPSA) is 80.4 Å². The largest absolute Gasteiger partial charge is 0.396 e. The van der Waals surface area contributed by atoms with Crippen LogP contribution in [0.25, 0.3) is 0 Å². The highest BCUT2D eigenvalue weighted by atomic mass is 32.1. The molecule has 1 aromatic heterocycles. The monoisotopic (exact) mass is 212 g/mol. The Morgan fingerprint density at radius 2 is 2.21 bits per heavy atom. The van der Waals surface area contributed by atoms with Gasteiger partial charge in [0, 0.05) is 5.71 Å². The third kappa shape index (κ3) is 2.29. The van der Waals surface area contributed by atoms with Crippen molar-refractivity contribution in [3.63, 3.8) is 0 Å². The SMILES string of the molecule is CC(C)=NNC(=O)c1snc(C)c1N. The van der Waals surface area contributed by atoms with Gasteiger partial charge in [0.1, 0.15) is 4.88 Å². The van der Waals surface area contributed by atoms with Crippen LogP contribution >= 0.6 is 11.5 Å². The summed E-state index contributed by atoms with van der Waals surface area (Å²) in [5.74, 6) is -0.311. The number of hydrogen-bond acceptors (Lipinski definition) is 5. The molecule has 5 nitrogen and oxygen atoms in total. The molecule has 0 spiro atoms. The fraction of sp³-hybridized carbons (Fsp3) is 0.375. The van der Waals surface area contributed by atoms with Gasteiger partial charge in [-0.1, -0.05) is 0 Å². The van der Waals surface area contributed by atoms with Crippen molar-refractivity contribution in [2.75, 3.05) is 5.73 Å². The van der Waals surface area contributed by atoms with Crippen molar-refractivity contribution in [2.24, 2.45) is 5.10 Å². The summed E-state index contributed by atoms with van der Waals surface area (Å²) in [4.78, 5) is 11.9. The predicted octanol–water partition coefficient (Wildman–Crippen LogP) is 1.16. The molecule has 0 atom stereocenters. The van der Waals surface area contributed by atoms with Crippen molar-refractivity contribution in [2.45, 2.75) is 20.8 Å². The Morgan fingerprint density at radius 3 is 2.64 bits per heavy atom. The molecule has 0 unspecified atom stereocenters. The van der Waals surface area contributed by atoms with Crippen LogP contribution in [0.3, 0.4) is 0 Å². The molecule has 3 N–H and O–H groups in total. The van der Waals surface area contributed by atoms with E-state index in [4.69, 9.17) is 5.73 Å². The molecule has 1 heterocycles. The zero-order valence-corrected chi connectivity index (χ0v) is 9.10. The first-order valence-electron chi connectivity index (χ1n) is 4.05. The number of nitrogen functional groups attached to an aromatic ring is 1. The summed E-state index contributed by atoms with van der Waals surface area (Å²) in [6, 6.07) is 0. The van der Waals surface area contributed by atoms with Crippen LogP contribution in [0.5, 0.6) is 0 Å². The molecular weight excluding hydrogens is 200 g/mol. The number of aryl methyl sites for hydroxylation is 1. The van der Waals surface area contributed by atoms with Gasteiger partial charge in [0.15, 0.2) is 0 Å². The molecule has 14 heavy (non-hydrogen) atoms. The lowest BCUT2D eigenvalue weighted by Gasteiger charge is -1.97. The molecule has 0 saturated heterocycles. The molecule has 6 heteroatoms. The van der Waals surface area contributed by atoms with E-state index in [0.29, 0.717) is 16.3 Å². The Kier molecular flexibility index (Phi) is 3.19. The van der Waals surface area contributed by atoms with Crippen LogP contribution in [0.2, 0.25) is 0 Å². The Morgan fingerprint density at radius 1 is 1.57 bits per heavy atom. The van der Waals surface area contributed by atoms with Crippen LogP contribution in [0.4, 0.5) is 5.69 Å². The van der Waals surface area contributed by atoms with Gasteiger partial charge in [-0.05, 0) is 32.3 Å². The van der Waals surface area contributed by atoms with Crippen molar-refractivity contribution in [3.8, 4) is 0 Å². The third-order valence-corrected chi connectivity index (χ3v) is 2.45. The van der Waals surface area contributed by atoms with Crippen molar-refractivity contribution < 1.29 is 4.79 Å². The second-order valence-corrected chi connectivity index (χ2v) is 3.78. The van der Waals surface area contributed by atoms with Crippen LogP contribution < -0.4 is 11.2 Å². The molecule has 0 fully saturated rings. The first-order valence-corrected chi connectivity index (χ1v) is 4.82. The van der Waals surface area contributed by atoms with Crippen LogP contribution in [0, 0.1) is 6.92 Å². The van der Waals surface area contributed by atoms with Gasteiger partial charge in [-0.3, -0.25) is 4.79 Å². The molecular formula is C8H12N4OS. The number of nitrogens with two attached hydrogens (primary N) is 1. The molecule has 0 aliphatic carbocycles. The van der Waals surface area contributed by atoms with Gasteiger partial charge >= 0.3 is 0 Å². The van der Waals surface area contributed by atoms with E-state index >= 15 is 0 Å². The lowest BCUT2D eigenvalue weighted by molar-refractivity contribution is 0.0959. The number of carbonyl (C=O) groups excluding carboxylic acids is 1. The zero-order chi connectivity index (χ0) is 10.7. The lowest BCUT2D eigenvalue weighted by atomic mass is 10.3. The van der Waals surface area contributed by atoms with E-state index in [1.165, 1.54) is 0 Å². The number of carbonyl (C=O) groups is 1. The van der Waals surface area contributed by atoms with Crippen molar-refractivity contribution in [1.82, 2.24) is 9.80 Å². The van der Waals surface area contributed by atoms with Crippen molar-refractivity contribution in [1.29, 1.82) is 0 Å². The van der Waals surface area contributed by atoms with Gasteiger partial charge in [-0.15, -0.1) is 0 Å². The maximum Gasteiger partial charge on any atom is 0.285 e. The first-order chi connectivity index (χ1) is 6.52. The van der Waals surface area contributed by atoms with Gasteiger partial charge < -0.3 is 5.73 Å². The van der Waals surface area contributed by atoms with E-state index in [1.807, 2.05) is 0 Å². The minimum atomic E-state index is -0.311. The van der Waals surface area contributed by atoms with Crippen LogP contribution in [0.1, 0.15) is 29.2 Å². The fourth-order valence-corrected chi connectivity index (χ4v) is 1.46. The highest BCUT2D eigenvalue weighted by Gasteiger charge is 2.14. The normalized spacial score (nSPS) is 9.64. The van der Waals surface area contributed by atoms with Crippen LogP contribution in [0.15, 0.2) is 5.10 Å². The van der Waals surface area contributed by atoms with Gasteiger partial charge in [0.2, 0.25) is 0 Å². The molecule has 0 radical (unpaired) electrons. The molecule has 76 valence electrons. The number of nitrogens with zero attached hydrogens (tertiary/aromatic N) is 2. The Hall–Kier alpha value is -1.43. The minimum Gasteiger partial charge on any atom is -0.396 e. The van der Waals surface area contributed by atoms with Crippen molar-refractivity contribution in [3.05, 3.63) is 10.6 Å². The van der Waals surface area contributed by atoms with E-state index in [2.05, 4.69) is 14.9 Å². The molecule has 1 aromatic rings. The number of nitrogens with one attached hydrogen (secondary N) is 1. The Bertz CT molecular complexity index is 379. The van der Waals surface area contributed by atoms with E-state index in [1.54, 1.807) is 20.8 Å². The summed E-state index contributed by atoms with van der Waals surface area (Å²) in [6.45, 7) is 5.35. The average Bonchev–Trinajstić information content (AvgIpc) is 2.44. The highest BCUT2D eigenvalue weighted by molar-refractivity contribution is 7.08. The van der Waals surface area contributed by atoms with Crippen LogP contribution in [-0.2, 0) is 0 Å². The van der Waals surface area contributed by atoms with Gasteiger partial charge in [-0.2, -0.15) is 9.47 Å². The van der Waals surface area contributed by atoms with Crippen molar-refractivity contribution >= 4 is 28.8 Å². The third-order valence-electron chi connectivity index (χ3n) is 1.50. The van der Waals surface area contributed by atoms with E-state index in [0.717, 1.165) is 17.2 Å². The van der Waals surface area contributed by atoms with E-state index in [9.17, 15) is 4.79 Å². The summed E-state index contributed by atoms with van der Waals surface area (Å²) in [7, 11) is 0. The predicted molar refractivity (Wildman–Crippen MR) is 57.5 cm³/mol. The molecule has 0 bridgehead atoms. The molecule has 0 aliphatic rings. The summed E-state index contributed by atoms with van der Waals surface area (Å²) >= 11 is 1.08. The smallest absolute Gasteiger partial charge is 0.285 e. The average molecular weight is 212 g/mol. The summed E-state index contributed by atoms with van der Waals surface area (Å²) in [5, 5.41) is 3.79. The lowest BCUT2D eigenvalue weighted by Crippen LogP contribution is -2.18. The van der Waals surface area contributed by atoms with E-state index in [-0.39, 0.29) is 5.91 Å². The number of amides is 1. The zero-order valence-electron chi connectivity index (χ0n) is 8.29. The number of anilines is 1. The van der Waals surface area contributed by atoms with Gasteiger partial charge in [-0.25, -0.2) is 5.43 Å². The maximum absolute atomic E-state index is 11.5. The second-order valence-electron chi connectivity index (χ2n) is 3.01. The summed E-state index contributed by atoms with van der Waals surface area (Å²) in [5.41, 5.74) is 9.92. The fourth-order valence-electron chi connectivity index (χ4n) is 0.754. The minimum absolute atomic E-state index is 0.311. The maximum atomic E-state index is 11.5. The van der Waals surface area contributed by atoms with E-state index < -0.39 is 0 Å². The molecule has 1 rings (SSSR count). The standard InChI is InChI=1S/C8H12N4OS/c1-4(2)10-11-8(13)7-6(9)5(3)12-14-7/h9H2,1-3H3,(H,11,13). The number of hydrazone groups is 1. The van der Waals surface area contributed by atoms with Crippen LogP contribution in [-0.4, -0.2) is 16.0 Å². The first kappa shape index (κ1) is 10.6. The number of hydrogen-bond donors (Lipinski definition) is 2. The summed E-state index contributed by atoms with van der Waals surface area (Å²) < 4.78 is 3.97. The highest BCUT2D eigenvalue weighted by Crippen LogP contribution is 2.20. The second kappa shape index (κ2) is 4.19. The molecule has 0 aromatic carbocycles.